The minimum atomic E-state index is -3.53. The third-order valence-electron chi connectivity index (χ3n) is 3.97. The van der Waals surface area contributed by atoms with Gasteiger partial charge in [-0.2, -0.15) is 4.31 Å². The number of rotatable bonds is 6. The Balaban J connectivity index is 2.46. The molecule has 0 fully saturated rings. The summed E-state index contributed by atoms with van der Waals surface area (Å²) in [5.41, 5.74) is 0.721. The number of carbonyl (C=O) groups is 1. The first-order chi connectivity index (χ1) is 11.4. The molecular formula is C17H26N2O3S2. The molecule has 1 aromatic carbocycles. The molecule has 0 atom stereocenters. The van der Waals surface area contributed by atoms with Crippen LogP contribution in [-0.2, 0) is 14.8 Å². The van der Waals surface area contributed by atoms with E-state index < -0.39 is 10.0 Å². The van der Waals surface area contributed by atoms with Crippen LogP contribution in [0.2, 0.25) is 0 Å². The van der Waals surface area contributed by atoms with Gasteiger partial charge in [0.05, 0.1) is 10.6 Å². The van der Waals surface area contributed by atoms with E-state index in [1.54, 1.807) is 28.8 Å². The predicted octanol–water partition coefficient (Wildman–Crippen LogP) is 3.35. The van der Waals surface area contributed by atoms with E-state index in [-0.39, 0.29) is 10.8 Å². The van der Waals surface area contributed by atoms with E-state index in [1.165, 1.54) is 11.2 Å². The number of nitrogens with zero attached hydrogens (tertiary/aromatic N) is 2. The summed E-state index contributed by atoms with van der Waals surface area (Å²) in [5.74, 6) is 0.882. The molecule has 2 rings (SSSR count). The van der Waals surface area contributed by atoms with Gasteiger partial charge >= 0.3 is 0 Å². The molecule has 24 heavy (non-hydrogen) atoms. The summed E-state index contributed by atoms with van der Waals surface area (Å²) in [6, 6.07) is 5.18. The summed E-state index contributed by atoms with van der Waals surface area (Å²) in [5, 5.41) is 0. The van der Waals surface area contributed by atoms with Crippen molar-refractivity contribution in [3.8, 4) is 0 Å². The number of benzene rings is 1. The molecule has 0 radical (unpaired) electrons. The van der Waals surface area contributed by atoms with Crippen molar-refractivity contribution in [1.82, 2.24) is 4.31 Å². The van der Waals surface area contributed by atoms with Gasteiger partial charge in [0.1, 0.15) is 0 Å². The first-order valence-corrected chi connectivity index (χ1v) is 10.9. The molecule has 0 saturated heterocycles. The second-order valence-electron chi connectivity index (χ2n) is 5.91. The van der Waals surface area contributed by atoms with Crippen molar-refractivity contribution in [1.29, 1.82) is 0 Å². The summed E-state index contributed by atoms with van der Waals surface area (Å²) in [4.78, 5) is 14.9. The van der Waals surface area contributed by atoms with Crippen LogP contribution in [0.1, 0.15) is 40.0 Å². The van der Waals surface area contributed by atoms with E-state index in [2.05, 4.69) is 0 Å². The van der Waals surface area contributed by atoms with Crippen LogP contribution in [-0.4, -0.2) is 44.0 Å². The zero-order valence-corrected chi connectivity index (χ0v) is 16.3. The van der Waals surface area contributed by atoms with Crippen LogP contribution in [0.15, 0.2) is 28.0 Å². The molecule has 1 aromatic rings. The van der Waals surface area contributed by atoms with Gasteiger partial charge in [0.2, 0.25) is 15.9 Å². The summed E-state index contributed by atoms with van der Waals surface area (Å²) in [6.45, 7) is 7.14. The number of sulfonamides is 1. The van der Waals surface area contributed by atoms with Gasteiger partial charge in [-0.15, -0.1) is 11.8 Å². The van der Waals surface area contributed by atoms with E-state index >= 15 is 0 Å². The minimum absolute atomic E-state index is 0.0488. The van der Waals surface area contributed by atoms with Gasteiger partial charge in [-0.3, -0.25) is 4.79 Å². The average molecular weight is 371 g/mol. The van der Waals surface area contributed by atoms with Crippen molar-refractivity contribution in [2.75, 3.05) is 30.3 Å². The Morgan fingerprint density at radius 2 is 1.92 bits per heavy atom. The topological polar surface area (TPSA) is 57.7 Å². The van der Waals surface area contributed by atoms with Gasteiger partial charge in [0.25, 0.3) is 0 Å². The highest BCUT2D eigenvalue weighted by Gasteiger charge is 2.26. The molecule has 0 N–H and O–H groups in total. The van der Waals surface area contributed by atoms with Gasteiger partial charge < -0.3 is 4.90 Å². The zero-order valence-electron chi connectivity index (χ0n) is 14.6. The van der Waals surface area contributed by atoms with Crippen molar-refractivity contribution in [3.63, 3.8) is 0 Å². The quantitative estimate of drug-likeness (QED) is 0.770. The Bertz CT molecular complexity index is 683. The second kappa shape index (κ2) is 8.36. The van der Waals surface area contributed by atoms with Gasteiger partial charge in [0, 0.05) is 31.5 Å². The highest BCUT2D eigenvalue weighted by atomic mass is 32.2. The van der Waals surface area contributed by atoms with Crippen LogP contribution < -0.4 is 4.90 Å². The Morgan fingerprint density at radius 1 is 1.25 bits per heavy atom. The molecule has 0 saturated carbocycles. The lowest BCUT2D eigenvalue weighted by molar-refractivity contribution is -0.116. The van der Waals surface area contributed by atoms with Crippen LogP contribution in [0.25, 0.3) is 0 Å². The molecule has 1 amide bonds. The zero-order chi connectivity index (χ0) is 17.7. The van der Waals surface area contributed by atoms with E-state index in [4.69, 9.17) is 0 Å². The van der Waals surface area contributed by atoms with Crippen LogP contribution >= 0.6 is 11.8 Å². The Labute approximate surface area is 149 Å². The van der Waals surface area contributed by atoms with Crippen molar-refractivity contribution in [3.05, 3.63) is 18.2 Å². The number of hydrogen-bond acceptors (Lipinski definition) is 4. The monoisotopic (exact) mass is 370 g/mol. The Morgan fingerprint density at radius 3 is 2.50 bits per heavy atom. The molecule has 1 aliphatic rings. The third kappa shape index (κ3) is 4.13. The average Bonchev–Trinajstić information content (AvgIpc) is 2.76. The maximum absolute atomic E-state index is 13.0. The number of carbonyl (C=O) groups excluding carboxylic acids is 1. The third-order valence-corrected chi connectivity index (χ3v) is 7.01. The molecule has 1 aliphatic heterocycles. The van der Waals surface area contributed by atoms with Crippen LogP contribution in [0.5, 0.6) is 0 Å². The lowest BCUT2D eigenvalue weighted by atomic mass is 10.2. The predicted molar refractivity (Wildman–Crippen MR) is 99.2 cm³/mol. The first-order valence-electron chi connectivity index (χ1n) is 8.47. The van der Waals surface area contributed by atoms with Gasteiger partial charge in [-0.05, 0) is 43.2 Å². The fourth-order valence-electron chi connectivity index (χ4n) is 2.84. The molecule has 0 spiro atoms. The SMILES string of the molecule is CCCN(CCC)S(=O)(=O)c1ccc2c(c1)N(C(C)=O)CCCS2. The van der Waals surface area contributed by atoms with Gasteiger partial charge in [-0.1, -0.05) is 13.8 Å². The maximum atomic E-state index is 13.0. The summed E-state index contributed by atoms with van der Waals surface area (Å²) >= 11 is 1.68. The van der Waals surface area contributed by atoms with E-state index in [9.17, 15) is 13.2 Å². The number of fused-ring (bicyclic) bond motifs is 1. The number of hydrogen-bond donors (Lipinski definition) is 0. The first kappa shape index (κ1) is 19.3. The molecule has 0 aliphatic carbocycles. The molecule has 7 heteroatoms. The molecule has 5 nitrogen and oxygen atoms in total. The summed E-state index contributed by atoms with van der Waals surface area (Å²) in [7, 11) is -3.53. The lowest BCUT2D eigenvalue weighted by Gasteiger charge is -2.24. The Kier molecular flexibility index (Phi) is 6.71. The smallest absolute Gasteiger partial charge is 0.243 e. The van der Waals surface area contributed by atoms with E-state index in [0.29, 0.717) is 19.6 Å². The van der Waals surface area contributed by atoms with Crippen LogP contribution in [0.3, 0.4) is 0 Å². The van der Waals surface area contributed by atoms with Crippen molar-refractivity contribution < 1.29 is 13.2 Å². The van der Waals surface area contributed by atoms with Crippen LogP contribution in [0, 0.1) is 0 Å². The number of thioether (sulfide) groups is 1. The minimum Gasteiger partial charge on any atom is -0.311 e. The fraction of sp³-hybridized carbons (Fsp3) is 0.588. The highest BCUT2D eigenvalue weighted by molar-refractivity contribution is 7.99. The Hall–Kier alpha value is -1.05. The largest absolute Gasteiger partial charge is 0.311 e. The molecule has 1 heterocycles. The molecule has 134 valence electrons. The molecule has 0 bridgehead atoms. The van der Waals surface area contributed by atoms with Crippen molar-refractivity contribution in [2.45, 2.75) is 49.8 Å². The number of amides is 1. The van der Waals surface area contributed by atoms with Gasteiger partial charge in [-0.25, -0.2) is 8.42 Å². The highest BCUT2D eigenvalue weighted by Crippen LogP contribution is 2.36. The second-order valence-corrected chi connectivity index (χ2v) is 8.98. The van der Waals surface area contributed by atoms with Crippen molar-refractivity contribution >= 4 is 33.4 Å². The van der Waals surface area contributed by atoms with Gasteiger partial charge in [0.15, 0.2) is 0 Å². The van der Waals surface area contributed by atoms with Crippen molar-refractivity contribution in [2.24, 2.45) is 0 Å². The maximum Gasteiger partial charge on any atom is 0.243 e. The summed E-state index contributed by atoms with van der Waals surface area (Å²) < 4.78 is 27.5. The molecule has 0 aromatic heterocycles. The van der Waals surface area contributed by atoms with E-state index in [0.717, 1.165) is 35.6 Å². The normalized spacial score (nSPS) is 15.2. The fourth-order valence-corrected chi connectivity index (χ4v) is 5.46. The molecule has 0 unspecified atom stereocenters. The van der Waals surface area contributed by atoms with E-state index in [1.807, 2.05) is 19.9 Å². The van der Waals surface area contributed by atoms with Crippen LogP contribution in [0.4, 0.5) is 5.69 Å². The molecular weight excluding hydrogens is 344 g/mol. The lowest BCUT2D eigenvalue weighted by Crippen LogP contribution is -2.33. The standard InChI is InChI=1S/C17H26N2O3S2/c1-4-9-18(10-5-2)24(21,22)15-7-8-17-16(13-15)19(14(3)20)11-6-12-23-17/h7-8,13H,4-6,9-12H2,1-3H3. The number of anilines is 1. The summed E-state index contributed by atoms with van der Waals surface area (Å²) in [6.07, 6.45) is 2.46.